The fourth-order valence-corrected chi connectivity index (χ4v) is 3.75. The molecule has 0 spiro atoms. The molecule has 0 aliphatic carbocycles. The lowest BCUT2D eigenvalue weighted by atomic mass is 10.2. The number of ketones is 1. The van der Waals surface area contributed by atoms with E-state index in [-0.39, 0.29) is 37.4 Å². The van der Waals surface area contributed by atoms with Crippen molar-refractivity contribution in [2.45, 2.75) is 35.9 Å². The van der Waals surface area contributed by atoms with Gasteiger partial charge in [-0.05, 0) is 38.1 Å². The summed E-state index contributed by atoms with van der Waals surface area (Å²) in [6.07, 6.45) is -4.57. The molecule has 182 valence electrons. The Balaban J connectivity index is 2.17. The Morgan fingerprint density at radius 3 is 2.54 bits per heavy atom. The molecular weight excluding hydrogens is 494 g/mol. The quantitative estimate of drug-likeness (QED) is 0.396. The van der Waals surface area contributed by atoms with E-state index in [1.165, 1.54) is 32.2 Å². The van der Waals surface area contributed by atoms with Gasteiger partial charge in [0.2, 0.25) is 5.88 Å². The van der Waals surface area contributed by atoms with E-state index in [0.717, 1.165) is 23.9 Å². The maximum Gasteiger partial charge on any atom is 0.433 e. The number of benzene rings is 1. The summed E-state index contributed by atoms with van der Waals surface area (Å²) in [5.41, 5.74) is -5.78. The maximum atomic E-state index is 14.8. The predicted molar refractivity (Wildman–Crippen MR) is 115 cm³/mol. The van der Waals surface area contributed by atoms with Crippen molar-refractivity contribution < 1.29 is 27.1 Å². The van der Waals surface area contributed by atoms with Crippen molar-refractivity contribution in [1.29, 1.82) is 5.26 Å². The van der Waals surface area contributed by atoms with Crippen LogP contribution in [0.15, 0.2) is 55.9 Å². The average molecular weight is 509 g/mol. The van der Waals surface area contributed by atoms with Gasteiger partial charge in [-0.1, -0.05) is 11.8 Å². The second-order valence-electron chi connectivity index (χ2n) is 7.04. The summed E-state index contributed by atoms with van der Waals surface area (Å²) >= 11 is 0.837. The second-order valence-corrected chi connectivity index (χ2v) is 8.13. The molecule has 0 bridgehead atoms. The smallest absolute Gasteiger partial charge is 0.433 e. The highest BCUT2D eigenvalue weighted by atomic mass is 32.2. The molecule has 3 rings (SSSR count). The number of nitrogens with zero attached hydrogens (tertiary/aromatic N) is 4. The van der Waals surface area contributed by atoms with Gasteiger partial charge >= 0.3 is 11.9 Å². The molecule has 0 amide bonds. The van der Waals surface area contributed by atoms with Gasteiger partial charge in [-0.3, -0.25) is 9.59 Å². The van der Waals surface area contributed by atoms with Crippen LogP contribution in [0.3, 0.4) is 0 Å². The minimum absolute atomic E-state index is 0.0194. The fraction of sp³-hybridized carbons (Fsp3) is 0.190. The van der Waals surface area contributed by atoms with E-state index in [1.54, 1.807) is 6.07 Å². The summed E-state index contributed by atoms with van der Waals surface area (Å²) in [6.45, 7) is 2.81. The number of alkyl halides is 3. The molecule has 1 atom stereocenters. The van der Waals surface area contributed by atoms with Crippen molar-refractivity contribution in [3.8, 4) is 17.6 Å². The van der Waals surface area contributed by atoms with E-state index < -0.39 is 40.7 Å². The number of hydrogen-bond donors (Lipinski definition) is 1. The Morgan fingerprint density at radius 2 is 1.94 bits per heavy atom. The van der Waals surface area contributed by atoms with Crippen LogP contribution >= 0.6 is 11.8 Å². The molecule has 0 aliphatic heterocycles. The van der Waals surface area contributed by atoms with Crippen molar-refractivity contribution in [3.63, 3.8) is 0 Å². The van der Waals surface area contributed by atoms with E-state index in [9.17, 15) is 37.2 Å². The molecule has 2 N–H and O–H groups in total. The second kappa shape index (κ2) is 9.63. The number of carbonyl (C=O) groups is 1. The standard InChI is InChI=1S/C21H15F4N5O4S/c1-10(31)11(2)34-19-15(4-3-5-28-19)35-16-7-14(13(22)6-12(16)9-26)29-18(32)8-17(21(23,24)25)30(27)20(29)33/h3-8,11H,27H2,1-2H3. The third-order valence-electron chi connectivity index (χ3n) is 4.66. The minimum Gasteiger partial charge on any atom is -0.466 e. The monoisotopic (exact) mass is 509 g/mol. The zero-order valence-corrected chi connectivity index (χ0v) is 18.8. The Hall–Kier alpha value is -4.12. The number of nitriles is 1. The lowest BCUT2D eigenvalue weighted by molar-refractivity contribution is -0.143. The average Bonchev–Trinajstić information content (AvgIpc) is 2.78. The molecule has 2 aromatic heterocycles. The molecule has 1 unspecified atom stereocenters. The van der Waals surface area contributed by atoms with Crippen molar-refractivity contribution in [3.05, 3.63) is 74.4 Å². The third kappa shape index (κ3) is 5.19. The normalized spacial score (nSPS) is 12.1. The number of ether oxygens (including phenoxy) is 1. The van der Waals surface area contributed by atoms with Crippen molar-refractivity contribution in [2.75, 3.05) is 5.84 Å². The zero-order chi connectivity index (χ0) is 26.1. The van der Waals surface area contributed by atoms with Crippen LogP contribution in [0.1, 0.15) is 25.1 Å². The summed E-state index contributed by atoms with van der Waals surface area (Å²) in [5.74, 6) is 3.74. The van der Waals surface area contributed by atoms with Gasteiger partial charge in [0.25, 0.3) is 5.56 Å². The topological polar surface area (TPSA) is 133 Å². The van der Waals surface area contributed by atoms with Gasteiger partial charge in [-0.2, -0.15) is 18.4 Å². The van der Waals surface area contributed by atoms with Gasteiger partial charge in [0.1, 0.15) is 11.9 Å². The number of nitrogens with two attached hydrogens (primary N) is 1. The first-order chi connectivity index (χ1) is 16.3. The Morgan fingerprint density at radius 1 is 1.26 bits per heavy atom. The van der Waals surface area contributed by atoms with Crippen LogP contribution in [-0.2, 0) is 11.0 Å². The molecule has 3 aromatic rings. The highest BCUT2D eigenvalue weighted by molar-refractivity contribution is 7.99. The van der Waals surface area contributed by atoms with Crippen LogP contribution in [0.2, 0.25) is 0 Å². The number of hydrogen-bond acceptors (Lipinski definition) is 8. The first kappa shape index (κ1) is 25.5. The molecule has 0 aliphatic rings. The van der Waals surface area contributed by atoms with Crippen LogP contribution in [0, 0.1) is 17.1 Å². The largest absolute Gasteiger partial charge is 0.466 e. The summed E-state index contributed by atoms with van der Waals surface area (Å²) < 4.78 is 59.3. The maximum absolute atomic E-state index is 14.8. The van der Waals surface area contributed by atoms with Crippen LogP contribution in [0.4, 0.5) is 17.6 Å². The van der Waals surface area contributed by atoms with E-state index in [1.807, 2.05) is 0 Å². The Labute approximate surface area is 198 Å². The number of Topliss-reactive ketones (excluding diaryl/α,β-unsaturated/α-hetero) is 1. The van der Waals surface area contributed by atoms with Crippen LogP contribution < -0.4 is 21.8 Å². The molecular formula is C21H15F4N5O4S. The van der Waals surface area contributed by atoms with Crippen molar-refractivity contribution >= 4 is 17.5 Å². The predicted octanol–water partition coefficient (Wildman–Crippen LogP) is 2.65. The molecule has 2 heterocycles. The van der Waals surface area contributed by atoms with Gasteiger partial charge < -0.3 is 10.6 Å². The van der Waals surface area contributed by atoms with Gasteiger partial charge in [-0.15, -0.1) is 0 Å². The summed E-state index contributed by atoms with van der Waals surface area (Å²) in [7, 11) is 0. The van der Waals surface area contributed by atoms with Gasteiger partial charge in [0.15, 0.2) is 17.6 Å². The molecule has 1 aromatic carbocycles. The fourth-order valence-electron chi connectivity index (χ4n) is 2.79. The lowest BCUT2D eigenvalue weighted by Gasteiger charge is -2.16. The highest BCUT2D eigenvalue weighted by Crippen LogP contribution is 2.37. The number of nitrogen functional groups attached to an aromatic ring is 1. The SMILES string of the molecule is CC(=O)C(C)Oc1ncccc1Sc1cc(-n2c(=O)cc(C(F)(F)F)n(N)c2=O)c(F)cc1C#N. The number of rotatable bonds is 6. The van der Waals surface area contributed by atoms with E-state index in [4.69, 9.17) is 10.6 Å². The molecule has 0 saturated heterocycles. The molecule has 9 nitrogen and oxygen atoms in total. The van der Waals surface area contributed by atoms with Crippen molar-refractivity contribution in [1.82, 2.24) is 14.2 Å². The van der Waals surface area contributed by atoms with Crippen LogP contribution in [0.25, 0.3) is 5.69 Å². The van der Waals surface area contributed by atoms with E-state index >= 15 is 0 Å². The highest BCUT2D eigenvalue weighted by Gasteiger charge is 2.36. The van der Waals surface area contributed by atoms with Gasteiger partial charge in [0, 0.05) is 17.2 Å². The summed E-state index contributed by atoms with van der Waals surface area (Å²) in [4.78, 5) is 40.7. The molecule has 14 heteroatoms. The molecule has 0 radical (unpaired) electrons. The third-order valence-corrected chi connectivity index (χ3v) is 5.74. The van der Waals surface area contributed by atoms with Gasteiger partial charge in [-0.25, -0.2) is 23.4 Å². The Kier molecular flexibility index (Phi) is 7.01. The first-order valence-electron chi connectivity index (χ1n) is 9.60. The summed E-state index contributed by atoms with van der Waals surface area (Å²) in [6, 6.07) is 6.54. The van der Waals surface area contributed by atoms with Gasteiger partial charge in [0.05, 0.1) is 16.1 Å². The first-order valence-corrected chi connectivity index (χ1v) is 10.4. The number of halogens is 4. The summed E-state index contributed by atoms with van der Waals surface area (Å²) in [5, 5.41) is 9.45. The molecule has 0 fully saturated rings. The molecule has 0 saturated carbocycles. The Bertz CT molecular complexity index is 1480. The van der Waals surface area contributed by atoms with Crippen LogP contribution in [-0.4, -0.2) is 26.1 Å². The molecule has 35 heavy (non-hydrogen) atoms. The van der Waals surface area contributed by atoms with E-state index in [0.29, 0.717) is 4.90 Å². The minimum atomic E-state index is -5.11. The number of pyridine rings is 1. The number of carbonyl (C=O) groups excluding carboxylic acids is 1. The lowest BCUT2D eigenvalue weighted by Crippen LogP contribution is -2.45. The van der Waals surface area contributed by atoms with Crippen molar-refractivity contribution in [2.24, 2.45) is 0 Å². The number of aromatic nitrogens is 3. The zero-order valence-electron chi connectivity index (χ0n) is 18.0. The van der Waals surface area contributed by atoms with E-state index in [2.05, 4.69) is 4.98 Å². The van der Waals surface area contributed by atoms with Crippen LogP contribution in [0.5, 0.6) is 5.88 Å².